The van der Waals surface area contributed by atoms with Crippen LogP contribution in [0.3, 0.4) is 0 Å². The number of hydrogen-bond acceptors (Lipinski definition) is 6. The third-order valence-corrected chi connectivity index (χ3v) is 7.01. The highest BCUT2D eigenvalue weighted by Crippen LogP contribution is 2.30. The Labute approximate surface area is 222 Å². The molecule has 196 valence electrons. The number of nitrogens with zero attached hydrogens (tertiary/aromatic N) is 4. The van der Waals surface area contributed by atoms with Crippen molar-refractivity contribution in [1.82, 2.24) is 20.1 Å². The molecule has 3 aromatic rings. The van der Waals surface area contributed by atoms with Crippen LogP contribution in [-0.2, 0) is 11.2 Å². The van der Waals surface area contributed by atoms with Gasteiger partial charge in [0.25, 0.3) is 11.8 Å². The summed E-state index contributed by atoms with van der Waals surface area (Å²) >= 11 is 0. The monoisotopic (exact) mass is 512 g/mol. The summed E-state index contributed by atoms with van der Waals surface area (Å²) in [6, 6.07) is 18.6. The van der Waals surface area contributed by atoms with Crippen LogP contribution in [-0.4, -0.2) is 84.9 Å². The zero-order chi connectivity index (χ0) is 26.3. The summed E-state index contributed by atoms with van der Waals surface area (Å²) in [5, 5.41) is 6.28. The van der Waals surface area contributed by atoms with Gasteiger partial charge in [0.1, 0.15) is 0 Å². The maximum absolute atomic E-state index is 13.2. The molecule has 0 saturated carbocycles. The Morgan fingerprint density at radius 3 is 2.21 bits per heavy atom. The summed E-state index contributed by atoms with van der Waals surface area (Å²) in [5.74, 6) is -0.204. The fourth-order valence-corrected chi connectivity index (χ4v) is 4.87. The third kappa shape index (κ3) is 6.00. The van der Waals surface area contributed by atoms with Crippen LogP contribution in [0.1, 0.15) is 26.3 Å². The van der Waals surface area contributed by atoms with Gasteiger partial charge in [0.05, 0.1) is 17.8 Å². The molecule has 38 heavy (non-hydrogen) atoms. The predicted octanol–water partition coefficient (Wildman–Crippen LogP) is 2.27. The normalized spacial score (nSPS) is 15.7. The Bertz CT molecular complexity index is 1270. The van der Waals surface area contributed by atoms with Gasteiger partial charge in [0.15, 0.2) is 0 Å². The molecule has 0 unspecified atom stereocenters. The van der Waals surface area contributed by atoms with E-state index in [0.717, 1.165) is 24.3 Å². The average Bonchev–Trinajstić information content (AvgIpc) is 2.98. The van der Waals surface area contributed by atoms with Gasteiger partial charge in [0.2, 0.25) is 5.91 Å². The molecule has 0 radical (unpaired) electrons. The molecule has 0 bridgehead atoms. The summed E-state index contributed by atoms with van der Waals surface area (Å²) in [7, 11) is 0. The SMILES string of the molecule is O=C(Nc1cc(C(=O)N2CCNCC2)ccc1N1CCN(C(=O)Cc2ccccc2)CC1)c1ccncc1. The number of anilines is 2. The Kier molecular flexibility index (Phi) is 7.94. The topological polar surface area (TPSA) is 97.9 Å². The number of pyridine rings is 1. The van der Waals surface area contributed by atoms with Gasteiger partial charge in [-0.05, 0) is 35.9 Å². The smallest absolute Gasteiger partial charge is 0.255 e. The average molecular weight is 513 g/mol. The molecule has 9 nitrogen and oxygen atoms in total. The van der Waals surface area contributed by atoms with Crippen molar-refractivity contribution in [3.63, 3.8) is 0 Å². The Morgan fingerprint density at radius 1 is 0.789 bits per heavy atom. The van der Waals surface area contributed by atoms with E-state index in [4.69, 9.17) is 0 Å². The molecule has 3 heterocycles. The molecule has 5 rings (SSSR count). The maximum Gasteiger partial charge on any atom is 0.255 e. The summed E-state index contributed by atoms with van der Waals surface area (Å²) in [6.07, 6.45) is 3.54. The summed E-state index contributed by atoms with van der Waals surface area (Å²) in [5.41, 5.74) is 3.44. The number of nitrogens with one attached hydrogen (secondary N) is 2. The van der Waals surface area contributed by atoms with Crippen molar-refractivity contribution in [3.05, 3.63) is 89.7 Å². The molecule has 3 amide bonds. The molecular weight excluding hydrogens is 480 g/mol. The molecule has 2 aliphatic rings. The van der Waals surface area contributed by atoms with Crippen LogP contribution in [0.5, 0.6) is 0 Å². The second-order valence-electron chi connectivity index (χ2n) is 9.49. The fraction of sp³-hybridized carbons (Fsp3) is 0.310. The van der Waals surface area contributed by atoms with E-state index in [9.17, 15) is 14.4 Å². The molecule has 2 N–H and O–H groups in total. The fourth-order valence-electron chi connectivity index (χ4n) is 4.87. The van der Waals surface area contributed by atoms with Gasteiger partial charge in [-0.25, -0.2) is 0 Å². The third-order valence-electron chi connectivity index (χ3n) is 7.01. The highest BCUT2D eigenvalue weighted by atomic mass is 16.2. The lowest BCUT2D eigenvalue weighted by atomic mass is 10.1. The first-order chi connectivity index (χ1) is 18.6. The van der Waals surface area contributed by atoms with Crippen LogP contribution < -0.4 is 15.5 Å². The first-order valence-corrected chi connectivity index (χ1v) is 13.0. The summed E-state index contributed by atoms with van der Waals surface area (Å²) in [4.78, 5) is 48.9. The first kappa shape index (κ1) is 25.4. The quantitative estimate of drug-likeness (QED) is 0.526. The van der Waals surface area contributed by atoms with Crippen LogP contribution in [0.4, 0.5) is 11.4 Å². The molecular formula is C29H32N6O3. The van der Waals surface area contributed by atoms with Gasteiger partial charge in [-0.2, -0.15) is 0 Å². The zero-order valence-corrected chi connectivity index (χ0v) is 21.3. The van der Waals surface area contributed by atoms with Gasteiger partial charge in [-0.15, -0.1) is 0 Å². The number of amides is 3. The zero-order valence-electron chi connectivity index (χ0n) is 21.3. The Balaban J connectivity index is 1.33. The highest BCUT2D eigenvalue weighted by Gasteiger charge is 2.25. The second-order valence-corrected chi connectivity index (χ2v) is 9.49. The van der Waals surface area contributed by atoms with Crippen molar-refractivity contribution < 1.29 is 14.4 Å². The van der Waals surface area contributed by atoms with Crippen LogP contribution in [0.2, 0.25) is 0 Å². The molecule has 2 fully saturated rings. The number of piperazine rings is 2. The summed E-state index contributed by atoms with van der Waals surface area (Å²) in [6.45, 7) is 5.27. The lowest BCUT2D eigenvalue weighted by Crippen LogP contribution is -2.49. The molecule has 0 aliphatic carbocycles. The highest BCUT2D eigenvalue weighted by molar-refractivity contribution is 6.07. The van der Waals surface area contributed by atoms with E-state index in [1.165, 1.54) is 0 Å². The second kappa shape index (κ2) is 11.9. The largest absolute Gasteiger partial charge is 0.366 e. The standard InChI is InChI=1S/C29H32N6O3/c36-27(20-22-4-2-1-3-5-22)34-18-16-33(17-19-34)26-7-6-24(29(38)35-14-12-31-13-15-35)21-25(26)32-28(37)23-8-10-30-11-9-23/h1-11,21,31H,12-20H2,(H,32,37). The molecule has 2 saturated heterocycles. The molecule has 0 spiro atoms. The van der Waals surface area contributed by atoms with Crippen molar-refractivity contribution in [2.24, 2.45) is 0 Å². The lowest BCUT2D eigenvalue weighted by molar-refractivity contribution is -0.130. The predicted molar refractivity (Wildman–Crippen MR) is 146 cm³/mol. The van der Waals surface area contributed by atoms with E-state index < -0.39 is 0 Å². The molecule has 0 atom stereocenters. The number of benzene rings is 2. The molecule has 9 heteroatoms. The van der Waals surface area contributed by atoms with E-state index in [1.54, 1.807) is 30.6 Å². The van der Waals surface area contributed by atoms with Crippen LogP contribution >= 0.6 is 0 Å². The Morgan fingerprint density at radius 2 is 1.50 bits per heavy atom. The number of hydrogen-bond donors (Lipinski definition) is 2. The van der Waals surface area contributed by atoms with Crippen molar-refractivity contribution in [2.45, 2.75) is 6.42 Å². The minimum absolute atomic E-state index is 0.0474. The van der Waals surface area contributed by atoms with Gasteiger partial charge < -0.3 is 25.3 Å². The number of carbonyl (C=O) groups is 3. The minimum atomic E-state index is -0.267. The van der Waals surface area contributed by atoms with Crippen LogP contribution in [0.25, 0.3) is 0 Å². The first-order valence-electron chi connectivity index (χ1n) is 13.0. The molecule has 2 aliphatic heterocycles. The van der Waals surface area contributed by atoms with Crippen LogP contribution in [0, 0.1) is 0 Å². The number of aromatic nitrogens is 1. The van der Waals surface area contributed by atoms with Crippen molar-refractivity contribution in [3.8, 4) is 0 Å². The molecule has 1 aromatic heterocycles. The van der Waals surface area contributed by atoms with E-state index in [1.807, 2.05) is 52.3 Å². The van der Waals surface area contributed by atoms with Gasteiger partial charge >= 0.3 is 0 Å². The van der Waals surface area contributed by atoms with Crippen molar-refractivity contribution in [1.29, 1.82) is 0 Å². The van der Waals surface area contributed by atoms with E-state index in [-0.39, 0.29) is 17.7 Å². The number of rotatable bonds is 6. The van der Waals surface area contributed by atoms with Gasteiger partial charge in [-0.3, -0.25) is 19.4 Å². The maximum atomic E-state index is 13.2. The number of carbonyl (C=O) groups excluding carboxylic acids is 3. The Hall–Kier alpha value is -4.24. The van der Waals surface area contributed by atoms with Crippen molar-refractivity contribution in [2.75, 3.05) is 62.6 Å². The van der Waals surface area contributed by atoms with E-state index >= 15 is 0 Å². The van der Waals surface area contributed by atoms with Crippen molar-refractivity contribution >= 4 is 29.1 Å². The van der Waals surface area contributed by atoms with Gasteiger partial charge in [0, 0.05) is 75.9 Å². The lowest BCUT2D eigenvalue weighted by Gasteiger charge is -2.37. The van der Waals surface area contributed by atoms with Crippen LogP contribution in [0.15, 0.2) is 73.1 Å². The van der Waals surface area contributed by atoms with E-state index in [2.05, 4.69) is 20.5 Å². The molecule has 2 aromatic carbocycles. The van der Waals surface area contributed by atoms with E-state index in [0.29, 0.717) is 62.5 Å². The minimum Gasteiger partial charge on any atom is -0.366 e. The summed E-state index contributed by atoms with van der Waals surface area (Å²) < 4.78 is 0. The van der Waals surface area contributed by atoms with Gasteiger partial charge in [-0.1, -0.05) is 30.3 Å².